The van der Waals surface area contributed by atoms with E-state index in [1.54, 1.807) is 6.92 Å². The van der Waals surface area contributed by atoms with Gasteiger partial charge in [-0.1, -0.05) is 0 Å². The average molecular weight is 423 g/mol. The molecular formula is C20H16F3NO4S. The molecule has 0 amide bonds. The third-order valence-electron chi connectivity index (χ3n) is 6.00. The molecule has 5 rings (SSSR count). The SMILES string of the molecule is Cc1sc(-c2ccc(OC(F)F)cc2F)nc1C1C(=O)[C@@H]2[C@H](C1=O)[C@H]1CC[C@@H]2O1. The number of carbonyl (C=O) groups excluding carboxylic acids is 2. The molecule has 2 aromatic rings. The molecule has 0 N–H and O–H groups in total. The number of rotatable bonds is 4. The normalized spacial score (nSPS) is 30.4. The number of nitrogens with zero attached hydrogens (tertiary/aromatic N) is 1. The van der Waals surface area contributed by atoms with Crippen molar-refractivity contribution in [2.45, 2.75) is 44.5 Å². The van der Waals surface area contributed by atoms with Crippen LogP contribution in [-0.2, 0) is 14.3 Å². The van der Waals surface area contributed by atoms with E-state index in [4.69, 9.17) is 4.74 Å². The van der Waals surface area contributed by atoms with Gasteiger partial charge in [-0.25, -0.2) is 9.37 Å². The summed E-state index contributed by atoms with van der Waals surface area (Å²) in [6, 6.07) is 3.39. The van der Waals surface area contributed by atoms with Gasteiger partial charge in [0.15, 0.2) is 11.6 Å². The first-order valence-electron chi connectivity index (χ1n) is 9.30. The summed E-state index contributed by atoms with van der Waals surface area (Å²) in [6.07, 6.45) is 1.20. The summed E-state index contributed by atoms with van der Waals surface area (Å²) in [5, 5.41) is 0.287. The highest BCUT2D eigenvalue weighted by Crippen LogP contribution is 2.52. The maximum atomic E-state index is 14.4. The minimum Gasteiger partial charge on any atom is -0.435 e. The highest BCUT2D eigenvalue weighted by atomic mass is 32.1. The van der Waals surface area contributed by atoms with Crippen LogP contribution in [-0.4, -0.2) is 35.4 Å². The van der Waals surface area contributed by atoms with E-state index in [0.29, 0.717) is 10.6 Å². The predicted molar refractivity (Wildman–Crippen MR) is 96.5 cm³/mol. The molecule has 1 aliphatic carbocycles. The van der Waals surface area contributed by atoms with Crippen LogP contribution in [0.2, 0.25) is 0 Å². The van der Waals surface area contributed by atoms with Crippen molar-refractivity contribution in [2.75, 3.05) is 0 Å². The zero-order valence-corrected chi connectivity index (χ0v) is 16.0. The van der Waals surface area contributed by atoms with Gasteiger partial charge in [0, 0.05) is 16.5 Å². The van der Waals surface area contributed by atoms with Crippen molar-refractivity contribution in [1.82, 2.24) is 4.98 Å². The number of fused-ring (bicyclic) bond motifs is 5. The van der Waals surface area contributed by atoms with Gasteiger partial charge < -0.3 is 9.47 Å². The lowest BCUT2D eigenvalue weighted by molar-refractivity contribution is -0.127. The van der Waals surface area contributed by atoms with Crippen molar-refractivity contribution in [3.05, 3.63) is 34.6 Å². The molecule has 29 heavy (non-hydrogen) atoms. The lowest BCUT2D eigenvalue weighted by Gasteiger charge is -2.16. The Morgan fingerprint density at radius 3 is 2.41 bits per heavy atom. The van der Waals surface area contributed by atoms with E-state index in [1.807, 2.05) is 0 Å². The number of aryl methyl sites for hydroxylation is 1. The van der Waals surface area contributed by atoms with Crippen LogP contribution in [0, 0.1) is 24.6 Å². The van der Waals surface area contributed by atoms with Gasteiger partial charge in [-0.15, -0.1) is 11.3 Å². The van der Waals surface area contributed by atoms with E-state index in [9.17, 15) is 22.8 Å². The van der Waals surface area contributed by atoms with Gasteiger partial charge in [-0.2, -0.15) is 8.78 Å². The molecule has 9 heteroatoms. The fraction of sp³-hybridized carbons (Fsp3) is 0.450. The van der Waals surface area contributed by atoms with Gasteiger partial charge in [-0.3, -0.25) is 9.59 Å². The molecule has 1 unspecified atom stereocenters. The number of thiazole rings is 1. The minimum absolute atomic E-state index is 0.104. The summed E-state index contributed by atoms with van der Waals surface area (Å²) < 4.78 is 49.0. The zero-order valence-electron chi connectivity index (χ0n) is 15.2. The van der Waals surface area contributed by atoms with Crippen LogP contribution in [0.1, 0.15) is 29.3 Å². The van der Waals surface area contributed by atoms with Crippen molar-refractivity contribution < 1.29 is 32.2 Å². The van der Waals surface area contributed by atoms with Crippen molar-refractivity contribution in [3.8, 4) is 16.3 Å². The number of Topliss-reactive ketones (excluding diaryl/α,β-unsaturated/α-hetero) is 2. The van der Waals surface area contributed by atoms with Gasteiger partial charge in [0.1, 0.15) is 22.5 Å². The highest BCUT2D eigenvalue weighted by molar-refractivity contribution is 7.15. The standard InChI is InChI=1S/C20H16F3NO4S/c1-7-16(15-17(25)13-11-4-5-12(28-11)14(13)18(15)26)24-19(29-7)9-3-2-8(6-10(9)21)27-20(22)23/h2-3,6,11-15,20H,4-5H2,1H3/t11-,12+,13-,14+,15?. The van der Waals surface area contributed by atoms with Gasteiger partial charge in [0.25, 0.3) is 0 Å². The molecule has 1 aromatic carbocycles. The van der Waals surface area contributed by atoms with E-state index in [0.717, 1.165) is 30.2 Å². The Morgan fingerprint density at radius 1 is 1.17 bits per heavy atom. The maximum Gasteiger partial charge on any atom is 0.387 e. The number of ether oxygens (including phenoxy) is 2. The predicted octanol–water partition coefficient (Wildman–Crippen LogP) is 3.89. The molecular weight excluding hydrogens is 407 g/mol. The Hall–Kier alpha value is -2.26. The largest absolute Gasteiger partial charge is 0.435 e. The second-order valence-corrected chi connectivity index (χ2v) is 8.76. The van der Waals surface area contributed by atoms with Gasteiger partial charge in [-0.05, 0) is 31.9 Å². The van der Waals surface area contributed by atoms with E-state index >= 15 is 0 Å². The lowest BCUT2D eigenvalue weighted by Crippen LogP contribution is -2.29. The van der Waals surface area contributed by atoms with E-state index in [1.165, 1.54) is 12.1 Å². The summed E-state index contributed by atoms with van der Waals surface area (Å²) in [4.78, 5) is 31.1. The molecule has 5 nitrogen and oxygen atoms in total. The van der Waals surface area contributed by atoms with E-state index < -0.39 is 30.2 Å². The van der Waals surface area contributed by atoms with Crippen LogP contribution in [0.3, 0.4) is 0 Å². The number of alkyl halides is 2. The Morgan fingerprint density at radius 2 is 1.83 bits per heavy atom. The third-order valence-corrected chi connectivity index (χ3v) is 7.02. The van der Waals surface area contributed by atoms with Crippen molar-refractivity contribution in [1.29, 1.82) is 0 Å². The van der Waals surface area contributed by atoms with Crippen LogP contribution in [0.15, 0.2) is 18.2 Å². The number of aromatic nitrogens is 1. The second-order valence-electron chi connectivity index (χ2n) is 7.56. The molecule has 1 saturated carbocycles. The van der Waals surface area contributed by atoms with Crippen molar-refractivity contribution in [3.63, 3.8) is 0 Å². The second kappa shape index (κ2) is 6.63. The number of ketones is 2. The van der Waals surface area contributed by atoms with Gasteiger partial charge in [0.2, 0.25) is 0 Å². The van der Waals surface area contributed by atoms with Gasteiger partial charge in [0.05, 0.1) is 29.7 Å². The lowest BCUT2D eigenvalue weighted by atomic mass is 9.81. The summed E-state index contributed by atoms with van der Waals surface area (Å²) in [6.45, 7) is -1.31. The summed E-state index contributed by atoms with van der Waals surface area (Å²) >= 11 is 1.16. The molecule has 0 spiro atoms. The monoisotopic (exact) mass is 423 g/mol. The van der Waals surface area contributed by atoms with Crippen molar-refractivity contribution in [2.24, 2.45) is 11.8 Å². The Balaban J connectivity index is 1.47. The number of halogens is 3. The molecule has 3 aliphatic rings. The Kier molecular flexibility index (Phi) is 4.29. The van der Waals surface area contributed by atoms with Crippen LogP contribution in [0.25, 0.3) is 10.6 Å². The molecule has 2 saturated heterocycles. The summed E-state index contributed by atoms with van der Waals surface area (Å²) in [5.41, 5.74) is 0.466. The smallest absolute Gasteiger partial charge is 0.387 e. The van der Waals surface area contributed by atoms with E-state index in [-0.39, 0.29) is 40.1 Å². The molecule has 3 heterocycles. The quantitative estimate of drug-likeness (QED) is 0.699. The number of carbonyl (C=O) groups is 2. The first kappa shape index (κ1) is 18.7. The fourth-order valence-electron chi connectivity index (χ4n) is 4.83. The molecule has 5 atom stereocenters. The highest BCUT2D eigenvalue weighted by Gasteiger charge is 2.63. The van der Waals surface area contributed by atoms with Crippen LogP contribution in [0.5, 0.6) is 5.75 Å². The van der Waals surface area contributed by atoms with Gasteiger partial charge >= 0.3 is 6.61 Å². The summed E-state index contributed by atoms with van der Waals surface area (Å²) in [5.74, 6) is -3.13. The average Bonchev–Trinajstić information content (AvgIpc) is 3.39. The number of benzene rings is 1. The van der Waals surface area contributed by atoms with E-state index in [2.05, 4.69) is 9.72 Å². The number of hydrogen-bond donors (Lipinski definition) is 0. The molecule has 1 aromatic heterocycles. The van der Waals surface area contributed by atoms with Crippen LogP contribution >= 0.6 is 11.3 Å². The molecule has 2 bridgehead atoms. The third kappa shape index (κ3) is 2.82. The first-order valence-corrected chi connectivity index (χ1v) is 10.1. The Bertz CT molecular complexity index is 995. The molecule has 0 radical (unpaired) electrons. The zero-order chi connectivity index (χ0) is 20.4. The summed E-state index contributed by atoms with van der Waals surface area (Å²) in [7, 11) is 0. The Labute approximate surface area is 167 Å². The molecule has 3 fully saturated rings. The molecule has 152 valence electrons. The topological polar surface area (TPSA) is 65.5 Å². The van der Waals surface area contributed by atoms with Crippen molar-refractivity contribution >= 4 is 22.9 Å². The fourth-order valence-corrected chi connectivity index (χ4v) is 5.81. The maximum absolute atomic E-state index is 14.4. The first-order chi connectivity index (χ1) is 13.8. The molecule has 2 aliphatic heterocycles. The van der Waals surface area contributed by atoms with Crippen LogP contribution < -0.4 is 4.74 Å². The minimum atomic E-state index is -3.05. The number of hydrogen-bond acceptors (Lipinski definition) is 6. The van der Waals surface area contributed by atoms with Crippen LogP contribution in [0.4, 0.5) is 13.2 Å².